The van der Waals surface area contributed by atoms with Gasteiger partial charge >= 0.3 is 0 Å². The van der Waals surface area contributed by atoms with Crippen LogP contribution >= 0.6 is 0 Å². The van der Waals surface area contributed by atoms with E-state index in [0.717, 1.165) is 18.2 Å². The largest absolute Gasteiger partial charge is 0.508 e. The van der Waals surface area contributed by atoms with E-state index >= 15 is 0 Å². The number of hydrogen-bond acceptors (Lipinski definition) is 20. The SMILES string of the molecule is O=C(/C=C/c1ccc(O)cc1)c1c(O)cc(O[C@@H]2O[C@H](CO[C@@H]3O[C@H](CO)[C@@H](O)[C@H](O)[C@@H]3O)[C@@H](O)[C@H](O)[C@@H]2O)cc1O[C@@H]1O[C@H](CO)[C@@H](O)[C@H](O)[C@H]1O. The van der Waals surface area contributed by atoms with Crippen LogP contribution in [0.5, 0.6) is 23.0 Å². The number of hydrogen-bond donors (Lipinski definition) is 13. The summed E-state index contributed by atoms with van der Waals surface area (Å²) < 4.78 is 33.0. The Labute approximate surface area is 300 Å². The fourth-order valence-electron chi connectivity index (χ4n) is 5.80. The number of aliphatic hydroxyl groups excluding tert-OH is 11. The van der Waals surface area contributed by atoms with Crippen LogP contribution in [0.3, 0.4) is 0 Å². The number of allylic oxidation sites excluding steroid dienone is 1. The molecule has 0 amide bonds. The lowest BCUT2D eigenvalue weighted by Crippen LogP contribution is -2.62. The first kappa shape index (κ1) is 40.6. The van der Waals surface area contributed by atoms with Crippen LogP contribution in [0.25, 0.3) is 6.08 Å². The van der Waals surface area contributed by atoms with Crippen molar-refractivity contribution in [2.45, 2.75) is 92.1 Å². The number of aliphatic hydroxyl groups is 11. The lowest BCUT2D eigenvalue weighted by molar-refractivity contribution is -0.323. The minimum atomic E-state index is -1.96. The summed E-state index contributed by atoms with van der Waals surface area (Å²) in [6.45, 7) is -2.24. The van der Waals surface area contributed by atoms with Crippen LogP contribution < -0.4 is 9.47 Å². The molecule has 0 unspecified atom stereocenters. The summed E-state index contributed by atoms with van der Waals surface area (Å²) >= 11 is 0. The molecular formula is C33H42O20. The highest BCUT2D eigenvalue weighted by Gasteiger charge is 2.49. The summed E-state index contributed by atoms with van der Waals surface area (Å²) in [6, 6.07) is 7.59. The number of aromatic hydroxyl groups is 2. The van der Waals surface area contributed by atoms with Gasteiger partial charge in [0.2, 0.25) is 12.6 Å². The molecule has 0 radical (unpaired) electrons. The Hall–Kier alpha value is -3.55. The van der Waals surface area contributed by atoms with Crippen LogP contribution in [0.15, 0.2) is 42.5 Å². The molecule has 5 rings (SSSR count). The van der Waals surface area contributed by atoms with E-state index in [1.54, 1.807) is 0 Å². The number of benzene rings is 2. The topological polar surface area (TPSA) is 335 Å². The van der Waals surface area contributed by atoms with Crippen LogP contribution in [-0.4, -0.2) is 184 Å². The third-order valence-electron chi connectivity index (χ3n) is 8.91. The number of phenolic OH excluding ortho intramolecular Hbond substituents is 2. The summed E-state index contributed by atoms with van der Waals surface area (Å²) in [6.07, 6.45) is -23.8. The third kappa shape index (κ3) is 8.89. The molecule has 3 heterocycles. The van der Waals surface area contributed by atoms with E-state index in [1.165, 1.54) is 30.3 Å². The van der Waals surface area contributed by atoms with Crippen molar-refractivity contribution in [3.8, 4) is 23.0 Å². The van der Waals surface area contributed by atoms with Gasteiger partial charge in [0.1, 0.15) is 102 Å². The molecule has 3 aliphatic heterocycles. The Balaban J connectivity index is 1.39. The van der Waals surface area contributed by atoms with Gasteiger partial charge in [-0.3, -0.25) is 4.79 Å². The summed E-state index contributed by atoms with van der Waals surface area (Å²) in [5, 5.41) is 133. The Kier molecular flexibility index (Phi) is 13.2. The molecule has 2 aromatic rings. The molecule has 20 heteroatoms. The Morgan fingerprint density at radius 1 is 0.623 bits per heavy atom. The van der Waals surface area contributed by atoms with Gasteiger partial charge in [-0.15, -0.1) is 0 Å². The van der Waals surface area contributed by atoms with Crippen LogP contribution in [0.2, 0.25) is 0 Å². The average Bonchev–Trinajstić information content (AvgIpc) is 3.14. The van der Waals surface area contributed by atoms with Crippen molar-refractivity contribution in [3.05, 3.63) is 53.6 Å². The minimum absolute atomic E-state index is 0.0290. The fraction of sp³-hybridized carbons (Fsp3) is 0.545. The highest BCUT2D eigenvalue weighted by molar-refractivity contribution is 6.10. The van der Waals surface area contributed by atoms with Crippen molar-refractivity contribution in [3.63, 3.8) is 0 Å². The van der Waals surface area contributed by atoms with Gasteiger partial charge in [-0.1, -0.05) is 18.2 Å². The molecule has 0 spiro atoms. The first-order valence-corrected chi connectivity index (χ1v) is 16.3. The Morgan fingerprint density at radius 2 is 1.11 bits per heavy atom. The van der Waals surface area contributed by atoms with Gasteiger partial charge in [-0.2, -0.15) is 0 Å². The van der Waals surface area contributed by atoms with E-state index in [9.17, 15) is 71.2 Å². The number of ketones is 1. The molecule has 15 atom stereocenters. The van der Waals surface area contributed by atoms with Crippen molar-refractivity contribution in [2.24, 2.45) is 0 Å². The van der Waals surface area contributed by atoms with Gasteiger partial charge in [0.15, 0.2) is 12.1 Å². The van der Waals surface area contributed by atoms with E-state index < -0.39 is 141 Å². The van der Waals surface area contributed by atoms with E-state index in [0.29, 0.717) is 5.56 Å². The lowest BCUT2D eigenvalue weighted by atomic mass is 9.98. The van der Waals surface area contributed by atoms with E-state index in [1.807, 2.05) is 0 Å². The molecule has 2 aromatic carbocycles. The predicted molar refractivity (Wildman–Crippen MR) is 171 cm³/mol. The zero-order valence-corrected chi connectivity index (χ0v) is 27.6. The van der Waals surface area contributed by atoms with Crippen LogP contribution in [0.4, 0.5) is 0 Å². The monoisotopic (exact) mass is 758 g/mol. The third-order valence-corrected chi connectivity index (χ3v) is 8.91. The molecule has 3 saturated heterocycles. The Bertz CT molecular complexity index is 1550. The van der Waals surface area contributed by atoms with Crippen LogP contribution in [-0.2, 0) is 18.9 Å². The van der Waals surface area contributed by atoms with E-state index in [2.05, 4.69) is 0 Å². The van der Waals surface area contributed by atoms with Gasteiger partial charge in [0, 0.05) is 12.1 Å². The van der Waals surface area contributed by atoms with Crippen molar-refractivity contribution in [2.75, 3.05) is 19.8 Å². The van der Waals surface area contributed by atoms with Crippen molar-refractivity contribution < 1.29 is 99.6 Å². The molecular weight excluding hydrogens is 716 g/mol. The zero-order chi connectivity index (χ0) is 38.7. The van der Waals surface area contributed by atoms with Gasteiger partial charge in [-0.25, -0.2) is 0 Å². The summed E-state index contributed by atoms with van der Waals surface area (Å²) in [5.74, 6) is -2.64. The van der Waals surface area contributed by atoms with Crippen LogP contribution in [0, 0.1) is 0 Å². The summed E-state index contributed by atoms with van der Waals surface area (Å²) in [5.41, 5.74) is -0.0584. The quantitative estimate of drug-likeness (QED) is 0.0713. The molecule has 13 N–H and O–H groups in total. The first-order chi connectivity index (χ1) is 25.1. The second-order valence-electron chi connectivity index (χ2n) is 12.6. The number of ether oxygens (including phenoxy) is 6. The normalized spacial score (nSPS) is 37.8. The van der Waals surface area contributed by atoms with Crippen molar-refractivity contribution in [1.29, 1.82) is 0 Å². The minimum Gasteiger partial charge on any atom is -0.508 e. The van der Waals surface area contributed by atoms with Gasteiger partial charge < -0.3 is 94.8 Å². The molecule has 20 nitrogen and oxygen atoms in total. The smallest absolute Gasteiger partial charge is 0.229 e. The zero-order valence-electron chi connectivity index (χ0n) is 27.6. The van der Waals surface area contributed by atoms with E-state index in [-0.39, 0.29) is 5.75 Å². The maximum atomic E-state index is 13.4. The molecule has 294 valence electrons. The highest BCUT2D eigenvalue weighted by Crippen LogP contribution is 2.38. The molecule has 3 fully saturated rings. The Morgan fingerprint density at radius 3 is 1.68 bits per heavy atom. The lowest BCUT2D eigenvalue weighted by Gasteiger charge is -2.42. The molecule has 0 aromatic heterocycles. The second kappa shape index (κ2) is 17.3. The molecule has 0 saturated carbocycles. The van der Waals surface area contributed by atoms with Gasteiger partial charge in [0.05, 0.1) is 19.8 Å². The first-order valence-electron chi connectivity index (χ1n) is 16.3. The van der Waals surface area contributed by atoms with Crippen LogP contribution in [0.1, 0.15) is 15.9 Å². The fourth-order valence-corrected chi connectivity index (χ4v) is 5.80. The van der Waals surface area contributed by atoms with Crippen molar-refractivity contribution in [1.82, 2.24) is 0 Å². The number of carbonyl (C=O) groups excluding carboxylic acids is 1. The van der Waals surface area contributed by atoms with Gasteiger partial charge in [-0.05, 0) is 23.8 Å². The molecule has 53 heavy (non-hydrogen) atoms. The van der Waals surface area contributed by atoms with Gasteiger partial charge in [0.25, 0.3) is 0 Å². The maximum absolute atomic E-state index is 13.4. The highest BCUT2D eigenvalue weighted by atomic mass is 16.7. The van der Waals surface area contributed by atoms with E-state index in [4.69, 9.17) is 28.4 Å². The second-order valence-corrected chi connectivity index (χ2v) is 12.6. The predicted octanol–water partition coefficient (Wildman–Crippen LogP) is -4.82. The summed E-state index contributed by atoms with van der Waals surface area (Å²) in [4.78, 5) is 13.4. The average molecular weight is 759 g/mol. The molecule has 3 aliphatic rings. The number of phenols is 2. The molecule has 0 bridgehead atoms. The number of carbonyl (C=O) groups is 1. The molecule has 0 aliphatic carbocycles. The summed E-state index contributed by atoms with van der Waals surface area (Å²) in [7, 11) is 0. The van der Waals surface area contributed by atoms with Crippen molar-refractivity contribution >= 4 is 11.9 Å². The maximum Gasteiger partial charge on any atom is 0.229 e. The standard InChI is InChI=1S/C33H42O20/c34-9-18-22(39)25(42)28(45)31(51-18)48-11-20-24(41)27(44)29(46)32(53-20)49-14-7-16(38)21(15(37)6-3-12-1-4-13(36)5-2-12)17(8-14)50-33-30(47)26(43)23(40)19(10-35)52-33/h1-8,18-20,22-36,38-47H,9-11H2/b6-3+/t18-,19-,20-,22-,23-,24-,25+,26+,27+,28+,29+,30-,31-,32-,33-/m1/s1. The number of rotatable bonds is 12.